The molecule has 5 heteroatoms. The van der Waals surface area contributed by atoms with Crippen LogP contribution < -0.4 is 5.32 Å². The standard InChI is InChI=1S/C8H12N2O2S/c1-5(2)9-3-6-7(8(11)12)10-4-13-6/h4-5,9H,3H2,1-2H3,(H,11,12). The number of hydrogen-bond acceptors (Lipinski definition) is 4. The first-order valence-electron chi connectivity index (χ1n) is 4.00. The predicted molar refractivity (Wildman–Crippen MR) is 51.0 cm³/mol. The molecule has 0 amide bonds. The first-order valence-corrected chi connectivity index (χ1v) is 4.88. The van der Waals surface area contributed by atoms with Crippen molar-refractivity contribution in [2.75, 3.05) is 0 Å². The maximum atomic E-state index is 10.6. The summed E-state index contributed by atoms with van der Waals surface area (Å²) in [5, 5.41) is 11.9. The topological polar surface area (TPSA) is 62.2 Å². The highest BCUT2D eigenvalue weighted by Gasteiger charge is 2.12. The smallest absolute Gasteiger partial charge is 0.355 e. The van der Waals surface area contributed by atoms with E-state index in [9.17, 15) is 4.79 Å². The molecule has 13 heavy (non-hydrogen) atoms. The molecule has 1 rings (SSSR count). The van der Waals surface area contributed by atoms with Crippen LogP contribution in [0.2, 0.25) is 0 Å². The third-order valence-corrected chi connectivity index (χ3v) is 2.35. The minimum Gasteiger partial charge on any atom is -0.476 e. The summed E-state index contributed by atoms with van der Waals surface area (Å²) in [5.41, 5.74) is 1.72. The van der Waals surface area contributed by atoms with Crippen LogP contribution in [0.25, 0.3) is 0 Å². The maximum Gasteiger partial charge on any atom is 0.355 e. The molecule has 0 bridgehead atoms. The highest BCUT2D eigenvalue weighted by Crippen LogP contribution is 2.12. The van der Waals surface area contributed by atoms with Crippen LogP contribution in [0.3, 0.4) is 0 Å². The number of carbonyl (C=O) groups is 1. The van der Waals surface area contributed by atoms with Crippen molar-refractivity contribution in [2.45, 2.75) is 26.4 Å². The Labute approximate surface area is 80.6 Å². The molecule has 0 aliphatic rings. The zero-order valence-electron chi connectivity index (χ0n) is 7.57. The van der Waals surface area contributed by atoms with Gasteiger partial charge in [-0.3, -0.25) is 0 Å². The van der Waals surface area contributed by atoms with Gasteiger partial charge in [0.25, 0.3) is 0 Å². The Morgan fingerprint density at radius 3 is 3.00 bits per heavy atom. The molecule has 1 aromatic rings. The highest BCUT2D eigenvalue weighted by atomic mass is 32.1. The van der Waals surface area contributed by atoms with E-state index in [1.165, 1.54) is 11.3 Å². The second-order valence-corrected chi connectivity index (χ2v) is 3.90. The lowest BCUT2D eigenvalue weighted by Gasteiger charge is -2.05. The number of aromatic carboxylic acids is 1. The normalized spacial score (nSPS) is 10.7. The molecular formula is C8H12N2O2S. The molecule has 0 atom stereocenters. The molecule has 0 unspecified atom stereocenters. The van der Waals surface area contributed by atoms with E-state index >= 15 is 0 Å². The zero-order chi connectivity index (χ0) is 9.84. The van der Waals surface area contributed by atoms with Crippen LogP contribution in [-0.2, 0) is 6.54 Å². The van der Waals surface area contributed by atoms with E-state index in [1.807, 2.05) is 13.8 Å². The monoisotopic (exact) mass is 200 g/mol. The number of nitrogens with one attached hydrogen (secondary N) is 1. The minimum atomic E-state index is -0.957. The molecule has 1 aromatic heterocycles. The summed E-state index contributed by atoms with van der Waals surface area (Å²) in [6.07, 6.45) is 0. The third kappa shape index (κ3) is 2.78. The van der Waals surface area contributed by atoms with Crippen LogP contribution in [0, 0.1) is 0 Å². The predicted octanol–water partition coefficient (Wildman–Crippen LogP) is 1.34. The molecule has 4 nitrogen and oxygen atoms in total. The fraction of sp³-hybridized carbons (Fsp3) is 0.500. The first-order chi connectivity index (χ1) is 6.11. The Bertz CT molecular complexity index is 296. The molecule has 0 aromatic carbocycles. The van der Waals surface area contributed by atoms with Gasteiger partial charge < -0.3 is 10.4 Å². The molecule has 0 aliphatic heterocycles. The first kappa shape index (κ1) is 10.1. The van der Waals surface area contributed by atoms with Gasteiger partial charge >= 0.3 is 5.97 Å². The number of rotatable bonds is 4. The van der Waals surface area contributed by atoms with Crippen LogP contribution in [0.5, 0.6) is 0 Å². The van der Waals surface area contributed by atoms with Gasteiger partial charge in [0.15, 0.2) is 5.69 Å². The average molecular weight is 200 g/mol. The molecule has 72 valence electrons. The van der Waals surface area contributed by atoms with Crippen molar-refractivity contribution < 1.29 is 9.90 Å². The Morgan fingerprint density at radius 1 is 1.77 bits per heavy atom. The molecule has 0 saturated carbocycles. The molecule has 2 N–H and O–H groups in total. The summed E-state index contributed by atoms with van der Waals surface area (Å²) >= 11 is 1.37. The van der Waals surface area contributed by atoms with Crippen molar-refractivity contribution in [3.63, 3.8) is 0 Å². The fourth-order valence-corrected chi connectivity index (χ4v) is 1.57. The number of hydrogen-bond donors (Lipinski definition) is 2. The Balaban J connectivity index is 2.65. The molecule has 0 fully saturated rings. The van der Waals surface area contributed by atoms with Crippen molar-refractivity contribution in [1.29, 1.82) is 0 Å². The Hall–Kier alpha value is -0.940. The van der Waals surface area contributed by atoms with Gasteiger partial charge in [-0.1, -0.05) is 13.8 Å². The molecular weight excluding hydrogens is 188 g/mol. The summed E-state index contributed by atoms with van der Waals surface area (Å²) in [7, 11) is 0. The van der Waals surface area contributed by atoms with Crippen molar-refractivity contribution >= 4 is 17.3 Å². The van der Waals surface area contributed by atoms with Gasteiger partial charge in [0.2, 0.25) is 0 Å². The van der Waals surface area contributed by atoms with Gasteiger partial charge in [-0.25, -0.2) is 9.78 Å². The van der Waals surface area contributed by atoms with E-state index in [-0.39, 0.29) is 5.69 Å². The lowest BCUT2D eigenvalue weighted by molar-refractivity contribution is 0.0690. The van der Waals surface area contributed by atoms with E-state index in [0.29, 0.717) is 12.6 Å². The highest BCUT2D eigenvalue weighted by molar-refractivity contribution is 7.09. The van der Waals surface area contributed by atoms with Gasteiger partial charge in [0, 0.05) is 12.6 Å². The van der Waals surface area contributed by atoms with Gasteiger partial charge in [0.1, 0.15) is 0 Å². The van der Waals surface area contributed by atoms with Crippen LogP contribution in [0.15, 0.2) is 5.51 Å². The maximum absolute atomic E-state index is 10.6. The van der Waals surface area contributed by atoms with Crippen molar-refractivity contribution in [2.24, 2.45) is 0 Å². The van der Waals surface area contributed by atoms with Crippen molar-refractivity contribution in [3.05, 3.63) is 16.1 Å². The number of thiazole rings is 1. The van der Waals surface area contributed by atoms with Crippen molar-refractivity contribution in [1.82, 2.24) is 10.3 Å². The average Bonchev–Trinajstić information content (AvgIpc) is 2.47. The molecule has 0 radical (unpaired) electrons. The summed E-state index contributed by atoms with van der Waals surface area (Å²) in [5.74, 6) is -0.957. The van der Waals surface area contributed by atoms with Crippen LogP contribution in [0.1, 0.15) is 29.2 Å². The van der Waals surface area contributed by atoms with E-state index in [4.69, 9.17) is 5.11 Å². The zero-order valence-corrected chi connectivity index (χ0v) is 8.39. The minimum absolute atomic E-state index is 0.165. The van der Waals surface area contributed by atoms with Gasteiger partial charge in [-0.2, -0.15) is 0 Å². The number of carboxylic acids is 1. The van der Waals surface area contributed by atoms with E-state index < -0.39 is 5.97 Å². The van der Waals surface area contributed by atoms with E-state index in [0.717, 1.165) is 4.88 Å². The third-order valence-electron chi connectivity index (χ3n) is 1.51. The molecule has 0 saturated heterocycles. The summed E-state index contributed by atoms with van der Waals surface area (Å²) < 4.78 is 0. The van der Waals surface area contributed by atoms with Gasteiger partial charge in [0.05, 0.1) is 10.4 Å². The van der Waals surface area contributed by atoms with E-state index in [2.05, 4.69) is 10.3 Å². The van der Waals surface area contributed by atoms with Gasteiger partial charge in [-0.05, 0) is 0 Å². The molecule has 1 heterocycles. The number of nitrogens with zero attached hydrogens (tertiary/aromatic N) is 1. The van der Waals surface area contributed by atoms with Crippen LogP contribution in [-0.4, -0.2) is 22.1 Å². The van der Waals surface area contributed by atoms with Crippen LogP contribution >= 0.6 is 11.3 Å². The summed E-state index contributed by atoms with van der Waals surface area (Å²) in [6.45, 7) is 4.60. The summed E-state index contributed by atoms with van der Waals surface area (Å²) in [4.78, 5) is 15.2. The second kappa shape index (κ2) is 4.34. The fourth-order valence-electron chi connectivity index (χ4n) is 0.867. The van der Waals surface area contributed by atoms with Crippen LogP contribution in [0.4, 0.5) is 0 Å². The van der Waals surface area contributed by atoms with Crippen molar-refractivity contribution in [3.8, 4) is 0 Å². The van der Waals surface area contributed by atoms with Gasteiger partial charge in [-0.15, -0.1) is 11.3 Å². The molecule has 0 aliphatic carbocycles. The second-order valence-electron chi connectivity index (χ2n) is 2.96. The number of aromatic nitrogens is 1. The lowest BCUT2D eigenvalue weighted by atomic mass is 10.3. The lowest BCUT2D eigenvalue weighted by Crippen LogP contribution is -2.22. The Morgan fingerprint density at radius 2 is 2.46 bits per heavy atom. The molecule has 0 spiro atoms. The quantitative estimate of drug-likeness (QED) is 0.770. The Kier molecular flexibility index (Phi) is 3.39. The largest absolute Gasteiger partial charge is 0.476 e. The SMILES string of the molecule is CC(C)NCc1scnc1C(=O)O. The summed E-state index contributed by atoms with van der Waals surface area (Å²) in [6, 6.07) is 0.351. The number of carboxylic acid groups (broad SMARTS) is 1. The van der Waals surface area contributed by atoms with E-state index in [1.54, 1.807) is 5.51 Å².